The Morgan fingerprint density at radius 2 is 1.68 bits per heavy atom. The van der Waals surface area contributed by atoms with Gasteiger partial charge in [-0.1, -0.05) is 37.3 Å². The number of methoxy groups -OCH3 is 1. The zero-order valence-corrected chi connectivity index (χ0v) is 17.9. The van der Waals surface area contributed by atoms with Crippen LogP contribution in [0.2, 0.25) is 0 Å². The molecular formula is C23H29N3O5. The molecule has 2 aromatic rings. The third-order valence-electron chi connectivity index (χ3n) is 4.34. The number of rotatable bonds is 12. The van der Waals surface area contributed by atoms with Gasteiger partial charge in [0.05, 0.1) is 26.8 Å². The third-order valence-corrected chi connectivity index (χ3v) is 4.34. The maximum atomic E-state index is 12.4. The molecule has 2 N–H and O–H groups in total. The van der Waals surface area contributed by atoms with E-state index in [2.05, 4.69) is 10.6 Å². The molecule has 2 aromatic carbocycles. The monoisotopic (exact) mass is 427 g/mol. The molecule has 0 radical (unpaired) electrons. The molecule has 0 aliphatic rings. The lowest BCUT2D eigenvalue weighted by atomic mass is 10.2. The average molecular weight is 428 g/mol. The number of anilines is 1. The van der Waals surface area contributed by atoms with E-state index in [9.17, 15) is 14.4 Å². The van der Waals surface area contributed by atoms with Crippen molar-refractivity contribution in [3.8, 4) is 5.75 Å². The Morgan fingerprint density at radius 3 is 2.32 bits per heavy atom. The van der Waals surface area contributed by atoms with E-state index >= 15 is 0 Å². The summed E-state index contributed by atoms with van der Waals surface area (Å²) in [5, 5.41) is 5.22. The summed E-state index contributed by atoms with van der Waals surface area (Å²) in [6, 6.07) is 16.4. The van der Waals surface area contributed by atoms with Crippen molar-refractivity contribution >= 4 is 23.4 Å². The first-order valence-electron chi connectivity index (χ1n) is 10.1. The fraction of sp³-hybridized carbons (Fsp3) is 0.348. The van der Waals surface area contributed by atoms with Gasteiger partial charge >= 0.3 is 0 Å². The first-order valence-corrected chi connectivity index (χ1v) is 10.1. The van der Waals surface area contributed by atoms with Crippen LogP contribution in [0.15, 0.2) is 54.6 Å². The molecule has 0 saturated carbocycles. The van der Waals surface area contributed by atoms with Gasteiger partial charge in [0.15, 0.2) is 0 Å². The van der Waals surface area contributed by atoms with Crippen molar-refractivity contribution in [3.05, 3.63) is 60.2 Å². The number of hydrogen-bond donors (Lipinski definition) is 2. The van der Waals surface area contributed by atoms with Crippen LogP contribution >= 0.6 is 0 Å². The Labute approximate surface area is 182 Å². The largest absolute Gasteiger partial charge is 0.497 e. The normalized spacial score (nSPS) is 10.3. The van der Waals surface area contributed by atoms with Crippen LogP contribution in [-0.4, -0.2) is 56.0 Å². The van der Waals surface area contributed by atoms with Crippen LogP contribution in [0.4, 0.5) is 5.69 Å². The van der Waals surface area contributed by atoms with Crippen LogP contribution in [-0.2, 0) is 25.7 Å². The van der Waals surface area contributed by atoms with Gasteiger partial charge in [-0.05, 0) is 36.2 Å². The van der Waals surface area contributed by atoms with E-state index in [-0.39, 0.29) is 31.5 Å². The molecule has 166 valence electrons. The summed E-state index contributed by atoms with van der Waals surface area (Å²) >= 11 is 0. The Bertz CT molecular complexity index is 840. The number of amides is 3. The fourth-order valence-corrected chi connectivity index (χ4v) is 2.77. The standard InChI is InChI=1S/C23H29N3O5/c1-3-13-26(23(29)17-31-16-18-7-5-4-6-8-18)15-22(28)24-14-21(27)25-19-9-11-20(30-2)12-10-19/h4-12H,3,13-17H2,1-2H3,(H,24,28)(H,25,27). The second kappa shape index (κ2) is 13.0. The van der Waals surface area contributed by atoms with Crippen LogP contribution in [0.5, 0.6) is 5.75 Å². The summed E-state index contributed by atoms with van der Waals surface area (Å²) in [6.45, 7) is 2.25. The molecule has 8 heteroatoms. The number of carbonyl (C=O) groups excluding carboxylic acids is 3. The lowest BCUT2D eigenvalue weighted by molar-refractivity contribution is -0.140. The highest BCUT2D eigenvalue weighted by Crippen LogP contribution is 2.14. The lowest BCUT2D eigenvalue weighted by Crippen LogP contribution is -2.44. The fourth-order valence-electron chi connectivity index (χ4n) is 2.77. The molecule has 3 amide bonds. The summed E-state index contributed by atoms with van der Waals surface area (Å²) in [5.41, 5.74) is 1.57. The molecule has 0 heterocycles. The van der Waals surface area contributed by atoms with Gasteiger partial charge in [-0.3, -0.25) is 14.4 Å². The molecule has 31 heavy (non-hydrogen) atoms. The van der Waals surface area contributed by atoms with Crippen LogP contribution in [0, 0.1) is 0 Å². The number of benzene rings is 2. The van der Waals surface area contributed by atoms with Gasteiger partial charge in [0.25, 0.3) is 0 Å². The van der Waals surface area contributed by atoms with E-state index in [0.717, 1.165) is 5.56 Å². The molecule has 2 rings (SSSR count). The highest BCUT2D eigenvalue weighted by molar-refractivity contribution is 5.95. The maximum Gasteiger partial charge on any atom is 0.249 e. The van der Waals surface area contributed by atoms with Crippen LogP contribution in [0.25, 0.3) is 0 Å². The predicted octanol–water partition coefficient (Wildman–Crippen LogP) is 2.21. The van der Waals surface area contributed by atoms with Gasteiger partial charge in [-0.25, -0.2) is 0 Å². The summed E-state index contributed by atoms with van der Waals surface area (Å²) < 4.78 is 10.5. The van der Waals surface area contributed by atoms with Crippen LogP contribution in [0.3, 0.4) is 0 Å². The molecule has 0 aromatic heterocycles. The highest BCUT2D eigenvalue weighted by Gasteiger charge is 2.17. The predicted molar refractivity (Wildman–Crippen MR) is 118 cm³/mol. The summed E-state index contributed by atoms with van der Waals surface area (Å²) in [7, 11) is 1.56. The second-order valence-electron chi connectivity index (χ2n) is 6.85. The minimum absolute atomic E-state index is 0.111. The van der Waals surface area contributed by atoms with Crippen LogP contribution < -0.4 is 15.4 Å². The molecule has 8 nitrogen and oxygen atoms in total. The first-order chi connectivity index (χ1) is 15.0. The smallest absolute Gasteiger partial charge is 0.249 e. The van der Waals surface area contributed by atoms with Crippen molar-refractivity contribution in [2.75, 3.05) is 38.7 Å². The molecule has 0 aliphatic heterocycles. The molecule has 0 bridgehead atoms. The molecule has 0 spiro atoms. The Kier molecular flexibility index (Phi) is 10.0. The van der Waals surface area contributed by atoms with Gasteiger partial charge in [0, 0.05) is 12.2 Å². The number of ether oxygens (including phenoxy) is 2. The Morgan fingerprint density at radius 1 is 0.968 bits per heavy atom. The zero-order valence-electron chi connectivity index (χ0n) is 17.9. The van der Waals surface area contributed by atoms with Gasteiger partial charge in [-0.15, -0.1) is 0 Å². The second-order valence-corrected chi connectivity index (χ2v) is 6.85. The minimum Gasteiger partial charge on any atom is -0.497 e. The number of hydrogen-bond acceptors (Lipinski definition) is 5. The number of carbonyl (C=O) groups is 3. The average Bonchev–Trinajstić information content (AvgIpc) is 2.78. The van der Waals surface area contributed by atoms with Gasteiger partial charge in [-0.2, -0.15) is 0 Å². The van der Waals surface area contributed by atoms with E-state index in [1.54, 1.807) is 31.4 Å². The lowest BCUT2D eigenvalue weighted by Gasteiger charge is -2.21. The first kappa shape index (κ1) is 23.9. The summed E-state index contributed by atoms with van der Waals surface area (Å²) in [6.07, 6.45) is 0.704. The van der Waals surface area contributed by atoms with E-state index in [1.165, 1.54) is 4.90 Å². The van der Waals surface area contributed by atoms with E-state index in [1.807, 2.05) is 37.3 Å². The van der Waals surface area contributed by atoms with E-state index in [4.69, 9.17) is 9.47 Å². The van der Waals surface area contributed by atoms with Crippen molar-refractivity contribution in [1.82, 2.24) is 10.2 Å². The van der Waals surface area contributed by atoms with Crippen molar-refractivity contribution in [3.63, 3.8) is 0 Å². The van der Waals surface area contributed by atoms with Crippen molar-refractivity contribution in [1.29, 1.82) is 0 Å². The summed E-state index contributed by atoms with van der Waals surface area (Å²) in [4.78, 5) is 38.1. The third kappa shape index (κ3) is 8.88. The SMILES string of the molecule is CCCN(CC(=O)NCC(=O)Nc1ccc(OC)cc1)C(=O)COCc1ccccc1. The molecule has 0 unspecified atom stereocenters. The van der Waals surface area contributed by atoms with Crippen molar-refractivity contribution in [2.45, 2.75) is 20.0 Å². The topological polar surface area (TPSA) is 97.0 Å². The molecule has 0 aliphatic carbocycles. The minimum atomic E-state index is -0.408. The maximum absolute atomic E-state index is 12.4. The number of nitrogens with one attached hydrogen (secondary N) is 2. The molecular weight excluding hydrogens is 398 g/mol. The Hall–Kier alpha value is -3.39. The number of nitrogens with zero attached hydrogens (tertiary/aromatic N) is 1. The molecule has 0 saturated heterocycles. The van der Waals surface area contributed by atoms with Crippen molar-refractivity contribution < 1.29 is 23.9 Å². The van der Waals surface area contributed by atoms with Crippen molar-refractivity contribution in [2.24, 2.45) is 0 Å². The molecule has 0 fully saturated rings. The van der Waals surface area contributed by atoms with Gasteiger partial charge in [0.1, 0.15) is 12.4 Å². The zero-order chi connectivity index (χ0) is 22.5. The van der Waals surface area contributed by atoms with E-state index < -0.39 is 5.91 Å². The quantitative estimate of drug-likeness (QED) is 0.541. The van der Waals surface area contributed by atoms with Gasteiger partial charge in [0.2, 0.25) is 17.7 Å². The Balaban J connectivity index is 1.74. The van der Waals surface area contributed by atoms with Crippen LogP contribution in [0.1, 0.15) is 18.9 Å². The molecule has 0 atom stereocenters. The highest BCUT2D eigenvalue weighted by atomic mass is 16.5. The van der Waals surface area contributed by atoms with E-state index in [0.29, 0.717) is 31.0 Å². The van der Waals surface area contributed by atoms with Gasteiger partial charge < -0.3 is 25.0 Å². The summed E-state index contributed by atoms with van der Waals surface area (Å²) in [5.74, 6) is -0.358.